The number of ether oxygens (including phenoxy) is 1. The fourth-order valence-electron chi connectivity index (χ4n) is 1.94. The summed E-state index contributed by atoms with van der Waals surface area (Å²) in [6.45, 7) is 7.05. The molecule has 4 heteroatoms. The third-order valence-corrected chi connectivity index (χ3v) is 3.03. The van der Waals surface area contributed by atoms with Crippen LogP contribution in [0.3, 0.4) is 0 Å². The molecule has 0 spiro atoms. The van der Waals surface area contributed by atoms with Gasteiger partial charge in [0.15, 0.2) is 5.76 Å². The van der Waals surface area contributed by atoms with Crippen LogP contribution in [0.1, 0.15) is 25.2 Å². The maximum atomic E-state index is 9.94. The lowest BCUT2D eigenvalue weighted by Gasteiger charge is -2.11. The fourth-order valence-corrected chi connectivity index (χ4v) is 1.94. The number of methoxy groups -OCH3 is 1. The van der Waals surface area contributed by atoms with E-state index in [0.29, 0.717) is 17.2 Å². The highest BCUT2D eigenvalue weighted by Gasteiger charge is 2.23. The number of hydrogen-bond acceptors (Lipinski definition) is 4. The molecule has 2 aromatic rings. The first-order valence-electron chi connectivity index (χ1n) is 6.43. The summed E-state index contributed by atoms with van der Waals surface area (Å²) in [4.78, 5) is 0. The molecule has 1 aromatic heterocycles. The average molecular weight is 273 g/mol. The number of benzene rings is 1. The summed E-state index contributed by atoms with van der Waals surface area (Å²) >= 11 is 0. The molecule has 1 heterocycles. The van der Waals surface area contributed by atoms with Gasteiger partial charge in [-0.2, -0.15) is 0 Å². The Morgan fingerprint density at radius 3 is 2.70 bits per heavy atom. The standard InChI is InChI=1S/C16H19NO3/c1-5-6-11-7-8-14(19-4)12(9-11)13-10-15(20-17-13)16(2,3)18/h5,7-10,18H,1,6H2,2-4H3. The molecule has 0 unspecified atom stereocenters. The monoisotopic (exact) mass is 273 g/mol. The minimum absolute atomic E-state index is 0.420. The molecule has 0 aliphatic rings. The number of nitrogens with zero attached hydrogens (tertiary/aromatic N) is 1. The molecule has 0 radical (unpaired) electrons. The van der Waals surface area contributed by atoms with Gasteiger partial charge in [-0.25, -0.2) is 0 Å². The fraction of sp³-hybridized carbons (Fsp3) is 0.312. The van der Waals surface area contributed by atoms with E-state index in [1.54, 1.807) is 27.0 Å². The van der Waals surface area contributed by atoms with Gasteiger partial charge < -0.3 is 14.4 Å². The lowest BCUT2D eigenvalue weighted by atomic mass is 10.0. The highest BCUT2D eigenvalue weighted by Crippen LogP contribution is 2.32. The topological polar surface area (TPSA) is 55.5 Å². The van der Waals surface area contributed by atoms with Crippen molar-refractivity contribution in [1.82, 2.24) is 5.16 Å². The third kappa shape index (κ3) is 2.91. The lowest BCUT2D eigenvalue weighted by molar-refractivity contribution is 0.0476. The summed E-state index contributed by atoms with van der Waals surface area (Å²) in [6.07, 6.45) is 2.61. The van der Waals surface area contributed by atoms with Crippen molar-refractivity contribution in [1.29, 1.82) is 0 Å². The van der Waals surface area contributed by atoms with E-state index >= 15 is 0 Å². The van der Waals surface area contributed by atoms with Crippen molar-refractivity contribution in [3.05, 3.63) is 48.2 Å². The second-order valence-corrected chi connectivity index (χ2v) is 5.16. The molecule has 0 saturated heterocycles. The Bertz CT molecular complexity index is 608. The Morgan fingerprint density at radius 1 is 1.40 bits per heavy atom. The van der Waals surface area contributed by atoms with Crippen LogP contribution in [0.2, 0.25) is 0 Å². The number of aromatic nitrogens is 1. The molecule has 20 heavy (non-hydrogen) atoms. The van der Waals surface area contributed by atoms with Gasteiger partial charge in [-0.05, 0) is 38.0 Å². The van der Waals surface area contributed by atoms with Crippen molar-refractivity contribution in [3.8, 4) is 17.0 Å². The molecule has 0 bridgehead atoms. The van der Waals surface area contributed by atoms with Crippen molar-refractivity contribution in [3.63, 3.8) is 0 Å². The average Bonchev–Trinajstić information content (AvgIpc) is 2.88. The van der Waals surface area contributed by atoms with Crippen LogP contribution < -0.4 is 4.74 Å². The van der Waals surface area contributed by atoms with Gasteiger partial charge in [0, 0.05) is 11.6 Å². The largest absolute Gasteiger partial charge is 0.496 e. The summed E-state index contributed by atoms with van der Waals surface area (Å²) in [7, 11) is 1.61. The van der Waals surface area contributed by atoms with E-state index in [1.165, 1.54) is 0 Å². The maximum absolute atomic E-state index is 9.94. The second kappa shape index (κ2) is 5.51. The molecule has 0 atom stereocenters. The quantitative estimate of drug-likeness (QED) is 0.849. The van der Waals surface area contributed by atoms with E-state index in [2.05, 4.69) is 11.7 Å². The smallest absolute Gasteiger partial charge is 0.168 e. The highest BCUT2D eigenvalue weighted by molar-refractivity contribution is 5.68. The van der Waals surface area contributed by atoms with Crippen LogP contribution >= 0.6 is 0 Å². The van der Waals surface area contributed by atoms with E-state index in [-0.39, 0.29) is 0 Å². The van der Waals surface area contributed by atoms with Crippen LogP contribution in [-0.4, -0.2) is 17.4 Å². The zero-order valence-corrected chi connectivity index (χ0v) is 12.0. The van der Waals surface area contributed by atoms with Crippen molar-refractivity contribution in [2.75, 3.05) is 7.11 Å². The molecule has 0 aliphatic carbocycles. The number of hydrogen-bond donors (Lipinski definition) is 1. The van der Waals surface area contributed by atoms with Gasteiger partial charge in [0.25, 0.3) is 0 Å². The second-order valence-electron chi connectivity index (χ2n) is 5.16. The Hall–Kier alpha value is -2.07. The van der Waals surface area contributed by atoms with Crippen LogP contribution in [-0.2, 0) is 12.0 Å². The number of rotatable bonds is 5. The predicted molar refractivity (Wildman–Crippen MR) is 77.6 cm³/mol. The van der Waals surface area contributed by atoms with E-state index in [4.69, 9.17) is 9.26 Å². The molecular formula is C16H19NO3. The zero-order chi connectivity index (χ0) is 14.8. The van der Waals surface area contributed by atoms with Crippen LogP contribution in [0.25, 0.3) is 11.3 Å². The minimum atomic E-state index is -1.06. The van der Waals surface area contributed by atoms with Gasteiger partial charge in [-0.3, -0.25) is 0 Å². The van der Waals surface area contributed by atoms with Gasteiger partial charge in [-0.1, -0.05) is 17.3 Å². The van der Waals surface area contributed by atoms with Gasteiger partial charge in [0.1, 0.15) is 17.0 Å². The van der Waals surface area contributed by atoms with Gasteiger partial charge in [-0.15, -0.1) is 6.58 Å². The summed E-state index contributed by atoms with van der Waals surface area (Å²) in [5.41, 5.74) is 1.54. The van der Waals surface area contributed by atoms with Gasteiger partial charge in [0.05, 0.1) is 7.11 Å². The summed E-state index contributed by atoms with van der Waals surface area (Å²) in [6, 6.07) is 7.61. The van der Waals surface area contributed by atoms with Crippen LogP contribution in [0.5, 0.6) is 5.75 Å². The first-order chi connectivity index (χ1) is 9.45. The first kappa shape index (κ1) is 14.3. The van der Waals surface area contributed by atoms with Crippen LogP contribution in [0, 0.1) is 0 Å². The summed E-state index contributed by atoms with van der Waals surface area (Å²) < 4.78 is 10.6. The molecule has 4 nitrogen and oxygen atoms in total. The Morgan fingerprint density at radius 2 is 2.15 bits per heavy atom. The minimum Gasteiger partial charge on any atom is -0.496 e. The van der Waals surface area contributed by atoms with E-state index in [9.17, 15) is 5.11 Å². The van der Waals surface area contributed by atoms with E-state index in [1.807, 2.05) is 24.3 Å². The highest BCUT2D eigenvalue weighted by atomic mass is 16.5. The Kier molecular flexibility index (Phi) is 3.95. The molecule has 1 N–H and O–H groups in total. The summed E-state index contributed by atoms with van der Waals surface area (Å²) in [5.74, 6) is 1.14. The zero-order valence-electron chi connectivity index (χ0n) is 12.0. The predicted octanol–water partition coefficient (Wildman–Crippen LogP) is 3.31. The molecule has 1 aromatic carbocycles. The molecular weight excluding hydrogens is 254 g/mol. The molecule has 0 saturated carbocycles. The molecule has 106 valence electrons. The van der Waals surface area contributed by atoms with Crippen LogP contribution in [0.15, 0.2) is 41.4 Å². The first-order valence-corrected chi connectivity index (χ1v) is 6.43. The number of allylic oxidation sites excluding steroid dienone is 1. The van der Waals surface area contributed by atoms with Crippen LogP contribution in [0.4, 0.5) is 0 Å². The maximum Gasteiger partial charge on any atom is 0.168 e. The van der Waals surface area contributed by atoms with Gasteiger partial charge in [0.2, 0.25) is 0 Å². The van der Waals surface area contributed by atoms with Crippen molar-refractivity contribution in [2.24, 2.45) is 0 Å². The molecule has 0 aliphatic heterocycles. The summed E-state index contributed by atoms with van der Waals surface area (Å²) in [5, 5.41) is 14.0. The normalized spacial score (nSPS) is 11.4. The third-order valence-electron chi connectivity index (χ3n) is 3.03. The van der Waals surface area contributed by atoms with Gasteiger partial charge >= 0.3 is 0 Å². The molecule has 2 rings (SSSR count). The van der Waals surface area contributed by atoms with Crippen molar-refractivity contribution >= 4 is 0 Å². The van der Waals surface area contributed by atoms with Crippen molar-refractivity contribution < 1.29 is 14.4 Å². The molecule has 0 amide bonds. The number of aliphatic hydroxyl groups is 1. The van der Waals surface area contributed by atoms with Crippen molar-refractivity contribution in [2.45, 2.75) is 25.9 Å². The van der Waals surface area contributed by atoms with E-state index in [0.717, 1.165) is 17.5 Å². The lowest BCUT2D eigenvalue weighted by Crippen LogP contribution is -2.13. The Balaban J connectivity index is 2.47. The SMILES string of the molecule is C=CCc1ccc(OC)c(-c2cc(C(C)(C)O)on2)c1. The van der Waals surface area contributed by atoms with E-state index < -0.39 is 5.60 Å². The molecule has 0 fully saturated rings. The Labute approximate surface area is 118 Å².